The van der Waals surface area contributed by atoms with E-state index in [9.17, 15) is 13.9 Å². The molecule has 0 saturated heterocycles. The largest absolute Gasteiger partial charge is 0.387 e. The molecule has 0 saturated carbocycles. The zero-order valence-electron chi connectivity index (χ0n) is 10.1. The SMILES string of the molecule is OC(CSc1ccccc1F)c1ccc(Br)c(Cl)c1F. The van der Waals surface area contributed by atoms with E-state index in [1.54, 1.807) is 24.3 Å². The predicted octanol–water partition coefficient (Wildman–Crippen LogP) is 5.21. The average Bonchev–Trinajstić information content (AvgIpc) is 2.44. The molecule has 20 heavy (non-hydrogen) atoms. The van der Waals surface area contributed by atoms with Gasteiger partial charge in [0.1, 0.15) is 11.6 Å². The highest BCUT2D eigenvalue weighted by Gasteiger charge is 2.17. The number of hydrogen-bond acceptors (Lipinski definition) is 2. The van der Waals surface area contributed by atoms with Gasteiger partial charge in [0.25, 0.3) is 0 Å². The highest BCUT2D eigenvalue weighted by molar-refractivity contribution is 9.10. The van der Waals surface area contributed by atoms with Gasteiger partial charge >= 0.3 is 0 Å². The summed E-state index contributed by atoms with van der Waals surface area (Å²) in [6.07, 6.45) is -1.06. The minimum Gasteiger partial charge on any atom is -0.387 e. The van der Waals surface area contributed by atoms with Crippen molar-refractivity contribution >= 4 is 39.3 Å². The summed E-state index contributed by atoms with van der Waals surface area (Å²) in [6, 6.07) is 9.26. The van der Waals surface area contributed by atoms with Crippen LogP contribution >= 0.6 is 39.3 Å². The van der Waals surface area contributed by atoms with Crippen molar-refractivity contribution in [2.75, 3.05) is 5.75 Å². The summed E-state index contributed by atoms with van der Waals surface area (Å²) in [7, 11) is 0. The van der Waals surface area contributed by atoms with Crippen LogP contribution < -0.4 is 0 Å². The molecule has 106 valence electrons. The molecule has 0 spiro atoms. The van der Waals surface area contributed by atoms with Gasteiger partial charge in [0.15, 0.2) is 0 Å². The minimum absolute atomic E-state index is 0.0718. The Bertz CT molecular complexity index is 624. The van der Waals surface area contributed by atoms with Gasteiger partial charge in [0, 0.05) is 20.7 Å². The first-order chi connectivity index (χ1) is 9.50. The van der Waals surface area contributed by atoms with Crippen LogP contribution in [0.4, 0.5) is 8.78 Å². The lowest BCUT2D eigenvalue weighted by Crippen LogP contribution is -2.04. The molecule has 0 bridgehead atoms. The molecule has 1 atom stereocenters. The van der Waals surface area contributed by atoms with E-state index in [1.807, 2.05) is 0 Å². The van der Waals surface area contributed by atoms with Gasteiger partial charge in [-0.25, -0.2) is 8.78 Å². The fourth-order valence-electron chi connectivity index (χ4n) is 1.62. The number of benzene rings is 2. The number of halogens is 4. The lowest BCUT2D eigenvalue weighted by Gasteiger charge is -2.13. The molecule has 0 radical (unpaired) electrons. The Morgan fingerprint density at radius 3 is 2.60 bits per heavy atom. The Kier molecular flexibility index (Phi) is 5.43. The molecule has 1 N–H and O–H groups in total. The van der Waals surface area contributed by atoms with Gasteiger partial charge in [-0.2, -0.15) is 0 Å². The molecule has 0 aliphatic rings. The van der Waals surface area contributed by atoms with Crippen LogP contribution in [0.5, 0.6) is 0 Å². The van der Waals surface area contributed by atoms with Crippen molar-refractivity contribution in [2.45, 2.75) is 11.0 Å². The van der Waals surface area contributed by atoms with E-state index in [2.05, 4.69) is 15.9 Å². The average molecular weight is 380 g/mol. The summed E-state index contributed by atoms with van der Waals surface area (Å²) in [4.78, 5) is 0.412. The van der Waals surface area contributed by atoms with Crippen molar-refractivity contribution in [3.63, 3.8) is 0 Å². The molecule has 0 fully saturated rings. The summed E-state index contributed by atoms with van der Waals surface area (Å²) in [6.45, 7) is 0. The smallest absolute Gasteiger partial charge is 0.148 e. The molecule has 2 aromatic rings. The third kappa shape index (κ3) is 3.52. The quantitative estimate of drug-likeness (QED) is 0.581. The zero-order valence-corrected chi connectivity index (χ0v) is 13.3. The molecule has 6 heteroatoms. The highest BCUT2D eigenvalue weighted by Crippen LogP contribution is 2.33. The van der Waals surface area contributed by atoms with Crippen LogP contribution in [-0.4, -0.2) is 10.9 Å². The maximum Gasteiger partial charge on any atom is 0.148 e. The maximum absolute atomic E-state index is 13.9. The molecule has 0 amide bonds. The maximum atomic E-state index is 13.9. The Hall–Kier alpha value is -0.620. The molecule has 2 aromatic carbocycles. The van der Waals surface area contributed by atoms with E-state index >= 15 is 0 Å². The van der Waals surface area contributed by atoms with E-state index in [4.69, 9.17) is 11.6 Å². The van der Waals surface area contributed by atoms with Crippen LogP contribution in [-0.2, 0) is 0 Å². The van der Waals surface area contributed by atoms with Crippen LogP contribution in [0.2, 0.25) is 5.02 Å². The fourth-order valence-corrected chi connectivity index (χ4v) is 2.99. The topological polar surface area (TPSA) is 20.2 Å². The van der Waals surface area contributed by atoms with Gasteiger partial charge in [0.05, 0.1) is 11.1 Å². The molecule has 0 heterocycles. The molecule has 1 nitrogen and oxygen atoms in total. The zero-order chi connectivity index (χ0) is 14.7. The first kappa shape index (κ1) is 15.8. The van der Waals surface area contributed by atoms with Gasteiger partial charge in [-0.3, -0.25) is 0 Å². The Balaban J connectivity index is 2.11. The number of aliphatic hydroxyl groups is 1. The van der Waals surface area contributed by atoms with Crippen molar-refractivity contribution in [3.8, 4) is 0 Å². The summed E-state index contributed by atoms with van der Waals surface area (Å²) >= 11 is 10.00. The van der Waals surface area contributed by atoms with E-state index in [-0.39, 0.29) is 22.2 Å². The first-order valence-electron chi connectivity index (χ1n) is 5.69. The summed E-state index contributed by atoms with van der Waals surface area (Å²) in [5.74, 6) is -0.891. The van der Waals surface area contributed by atoms with Crippen molar-refractivity contribution in [1.82, 2.24) is 0 Å². The van der Waals surface area contributed by atoms with Crippen LogP contribution in [0.15, 0.2) is 45.8 Å². The van der Waals surface area contributed by atoms with Crippen molar-refractivity contribution < 1.29 is 13.9 Å². The summed E-state index contributed by atoms with van der Waals surface area (Å²) in [5, 5.41) is 9.94. The molecular weight excluding hydrogens is 370 g/mol. The number of rotatable bonds is 4. The normalized spacial score (nSPS) is 12.4. The third-order valence-electron chi connectivity index (χ3n) is 2.66. The third-order valence-corrected chi connectivity index (χ3v) is 5.04. The lowest BCUT2D eigenvalue weighted by molar-refractivity contribution is 0.199. The van der Waals surface area contributed by atoms with E-state index in [0.717, 1.165) is 11.8 Å². The second kappa shape index (κ2) is 6.89. The van der Waals surface area contributed by atoms with Crippen molar-refractivity contribution in [2.24, 2.45) is 0 Å². The van der Waals surface area contributed by atoms with Crippen LogP contribution in [0.1, 0.15) is 11.7 Å². The van der Waals surface area contributed by atoms with Gasteiger partial charge < -0.3 is 5.11 Å². The number of thioether (sulfide) groups is 1. The highest BCUT2D eigenvalue weighted by atomic mass is 79.9. The van der Waals surface area contributed by atoms with Gasteiger partial charge in [-0.15, -0.1) is 11.8 Å². The molecule has 1 unspecified atom stereocenters. The van der Waals surface area contributed by atoms with Gasteiger partial charge in [-0.1, -0.05) is 29.8 Å². The van der Waals surface area contributed by atoms with Gasteiger partial charge in [0.2, 0.25) is 0 Å². The van der Waals surface area contributed by atoms with Crippen molar-refractivity contribution in [3.05, 3.63) is 63.1 Å². The fraction of sp³-hybridized carbons (Fsp3) is 0.143. The van der Waals surface area contributed by atoms with Crippen molar-refractivity contribution in [1.29, 1.82) is 0 Å². The molecule has 2 rings (SSSR count). The summed E-state index contributed by atoms with van der Waals surface area (Å²) < 4.78 is 27.8. The van der Waals surface area contributed by atoms with Gasteiger partial charge in [-0.05, 0) is 34.1 Å². The minimum atomic E-state index is -1.06. The standard InChI is InChI=1S/C14H10BrClF2OS/c15-9-6-5-8(14(18)13(9)16)11(19)7-20-12-4-2-1-3-10(12)17/h1-6,11,19H,7H2. The Labute approximate surface area is 133 Å². The molecule has 0 aliphatic heterocycles. The lowest BCUT2D eigenvalue weighted by atomic mass is 10.1. The number of hydrogen-bond donors (Lipinski definition) is 1. The van der Waals surface area contributed by atoms with Crippen LogP contribution in [0.3, 0.4) is 0 Å². The molecule has 0 aliphatic carbocycles. The summed E-state index contributed by atoms with van der Waals surface area (Å²) in [5.41, 5.74) is 0.0991. The first-order valence-corrected chi connectivity index (χ1v) is 7.85. The van der Waals surface area contributed by atoms with E-state index < -0.39 is 11.9 Å². The predicted molar refractivity (Wildman–Crippen MR) is 81.2 cm³/mol. The second-order valence-electron chi connectivity index (χ2n) is 4.02. The van der Waals surface area contributed by atoms with Crippen LogP contribution in [0.25, 0.3) is 0 Å². The van der Waals surface area contributed by atoms with E-state index in [0.29, 0.717) is 9.37 Å². The second-order valence-corrected chi connectivity index (χ2v) is 6.32. The molecular formula is C14H10BrClF2OS. The van der Waals surface area contributed by atoms with Crippen LogP contribution in [0, 0.1) is 11.6 Å². The van der Waals surface area contributed by atoms with E-state index in [1.165, 1.54) is 12.1 Å². The number of aliphatic hydroxyl groups excluding tert-OH is 1. The Morgan fingerprint density at radius 1 is 1.20 bits per heavy atom. The monoisotopic (exact) mass is 378 g/mol. The molecule has 0 aromatic heterocycles. The Morgan fingerprint density at radius 2 is 1.90 bits per heavy atom.